The monoisotopic (exact) mass is 439 g/mol. The minimum Gasteiger partial charge on any atom is -0.481 e. The Morgan fingerprint density at radius 1 is 1.28 bits per heavy atom. The highest BCUT2D eigenvalue weighted by molar-refractivity contribution is 6.05. The van der Waals surface area contributed by atoms with Crippen molar-refractivity contribution < 1.29 is 23.5 Å². The van der Waals surface area contributed by atoms with E-state index in [9.17, 15) is 18.8 Å². The molecule has 1 aliphatic rings. The molecule has 3 heterocycles. The van der Waals surface area contributed by atoms with Gasteiger partial charge in [-0.15, -0.1) is 0 Å². The van der Waals surface area contributed by atoms with Crippen LogP contribution >= 0.6 is 0 Å². The Bertz CT molecular complexity index is 1190. The summed E-state index contributed by atoms with van der Waals surface area (Å²) >= 11 is 0. The lowest BCUT2D eigenvalue weighted by atomic mass is 10.0. The predicted octanol–water partition coefficient (Wildman–Crippen LogP) is 2.73. The van der Waals surface area contributed by atoms with Crippen LogP contribution in [0.5, 0.6) is 5.88 Å². The molecule has 3 N–H and O–H groups in total. The highest BCUT2D eigenvalue weighted by Crippen LogP contribution is 2.28. The number of amides is 3. The number of methoxy groups -OCH3 is 1. The van der Waals surface area contributed by atoms with Gasteiger partial charge in [0.05, 0.1) is 30.9 Å². The lowest BCUT2D eigenvalue weighted by Crippen LogP contribution is -2.43. The number of carbonyl (C=O) groups excluding carboxylic acids is 3. The van der Waals surface area contributed by atoms with Crippen molar-refractivity contribution in [1.82, 2.24) is 14.5 Å². The molecule has 1 fully saturated rings. The molecule has 2 aromatic heterocycles. The third-order valence-corrected chi connectivity index (χ3v) is 5.46. The molecule has 0 bridgehead atoms. The maximum Gasteiger partial charge on any atom is 0.323 e. The topological polar surface area (TPSA) is 120 Å². The summed E-state index contributed by atoms with van der Waals surface area (Å²) in [6.45, 7) is -0.198. The summed E-state index contributed by atoms with van der Waals surface area (Å²) in [5.41, 5.74) is 6.95. The zero-order valence-electron chi connectivity index (χ0n) is 17.3. The molecule has 1 aromatic carbocycles. The number of fused-ring (bicyclic) bond motifs is 1. The fraction of sp³-hybridized carbons (Fsp3) is 0.273. The molecule has 0 radical (unpaired) electrons. The van der Waals surface area contributed by atoms with Crippen LogP contribution in [0.25, 0.3) is 10.9 Å². The second-order valence-corrected chi connectivity index (χ2v) is 7.55. The highest BCUT2D eigenvalue weighted by Gasteiger charge is 2.39. The summed E-state index contributed by atoms with van der Waals surface area (Å²) < 4.78 is 20.5. The number of urea groups is 1. The highest BCUT2D eigenvalue weighted by atomic mass is 19.1. The second-order valence-electron chi connectivity index (χ2n) is 7.55. The van der Waals surface area contributed by atoms with Crippen LogP contribution < -0.4 is 15.8 Å². The van der Waals surface area contributed by atoms with Crippen LogP contribution in [0, 0.1) is 0 Å². The van der Waals surface area contributed by atoms with Gasteiger partial charge in [-0.2, -0.15) is 0 Å². The van der Waals surface area contributed by atoms with Crippen molar-refractivity contribution in [2.75, 3.05) is 19.0 Å². The van der Waals surface area contributed by atoms with E-state index in [-0.39, 0.29) is 25.2 Å². The van der Waals surface area contributed by atoms with E-state index in [2.05, 4.69) is 10.3 Å². The average Bonchev–Trinajstić information content (AvgIpc) is 3.35. The minimum atomic E-state index is -1.31. The third kappa shape index (κ3) is 4.11. The molecule has 166 valence electrons. The molecule has 10 heteroatoms. The number of aromatic nitrogens is 2. The van der Waals surface area contributed by atoms with Crippen LogP contribution in [0.1, 0.15) is 12.0 Å². The standard InChI is InChI=1S/C22H22FN5O4/c1-32-20-9-13(6-7-25-20)8-19(29)18-10-14(23)11-28(18)22(31)26-16-12-27(21(24)30)17-5-3-2-4-15(16)17/h2-7,9,12,14,18H,8,10-11H2,1H3,(H2,24,30)(H,26,31)/t14-,18+/m1/s1. The first kappa shape index (κ1) is 21.3. The van der Waals surface area contributed by atoms with E-state index in [1.165, 1.54) is 29.0 Å². The normalized spacial score (nSPS) is 18.0. The molecule has 9 nitrogen and oxygen atoms in total. The van der Waals surface area contributed by atoms with Crippen LogP contribution in [0.4, 0.5) is 19.7 Å². The first-order chi connectivity index (χ1) is 15.4. The van der Waals surface area contributed by atoms with Crippen LogP contribution in [0.15, 0.2) is 48.8 Å². The van der Waals surface area contributed by atoms with Gasteiger partial charge in [0.2, 0.25) is 5.88 Å². The second kappa shape index (κ2) is 8.66. The zero-order valence-corrected chi connectivity index (χ0v) is 17.3. The van der Waals surface area contributed by atoms with Gasteiger partial charge in [0.25, 0.3) is 0 Å². The van der Waals surface area contributed by atoms with Crippen molar-refractivity contribution in [3.63, 3.8) is 0 Å². The number of primary amides is 1. The van der Waals surface area contributed by atoms with Crippen molar-refractivity contribution in [3.8, 4) is 5.88 Å². The number of ketones is 1. The van der Waals surface area contributed by atoms with Gasteiger partial charge in [-0.3, -0.25) is 9.36 Å². The van der Waals surface area contributed by atoms with Crippen molar-refractivity contribution in [1.29, 1.82) is 0 Å². The molecule has 0 spiro atoms. The number of Topliss-reactive ketones (excluding diaryl/α,β-unsaturated/α-hetero) is 1. The van der Waals surface area contributed by atoms with Crippen LogP contribution in [0.3, 0.4) is 0 Å². The number of benzene rings is 1. The molecule has 3 amide bonds. The van der Waals surface area contributed by atoms with Crippen LogP contribution in [0.2, 0.25) is 0 Å². The zero-order chi connectivity index (χ0) is 22.8. The molecule has 0 aliphatic carbocycles. The van der Waals surface area contributed by atoms with Gasteiger partial charge in [0, 0.05) is 36.7 Å². The minimum absolute atomic E-state index is 0.0149. The van der Waals surface area contributed by atoms with E-state index in [4.69, 9.17) is 10.5 Å². The van der Waals surface area contributed by atoms with Crippen molar-refractivity contribution in [2.45, 2.75) is 25.1 Å². The van der Waals surface area contributed by atoms with Crippen molar-refractivity contribution in [3.05, 3.63) is 54.4 Å². The Kier molecular flexibility index (Phi) is 5.76. The molecule has 3 aromatic rings. The number of nitrogens with two attached hydrogens (primary N) is 1. The lowest BCUT2D eigenvalue weighted by molar-refractivity contribution is -0.121. The van der Waals surface area contributed by atoms with E-state index in [0.717, 1.165) is 0 Å². The number of nitrogens with one attached hydrogen (secondary N) is 1. The van der Waals surface area contributed by atoms with Crippen molar-refractivity contribution >= 4 is 34.4 Å². The number of halogens is 1. The van der Waals surface area contributed by atoms with E-state index >= 15 is 0 Å². The summed E-state index contributed by atoms with van der Waals surface area (Å²) in [5.74, 6) is 0.0821. The molecule has 1 saturated heterocycles. The fourth-order valence-corrected chi connectivity index (χ4v) is 3.95. The molecule has 0 unspecified atom stereocenters. The quantitative estimate of drug-likeness (QED) is 0.634. The number of likely N-dealkylation sites (tertiary alicyclic amines) is 1. The van der Waals surface area contributed by atoms with Crippen LogP contribution in [-0.4, -0.2) is 58.2 Å². The molecule has 32 heavy (non-hydrogen) atoms. The Morgan fingerprint density at radius 3 is 2.81 bits per heavy atom. The first-order valence-electron chi connectivity index (χ1n) is 10.0. The molecule has 4 rings (SSSR count). The van der Waals surface area contributed by atoms with Crippen LogP contribution in [-0.2, 0) is 11.2 Å². The van der Waals surface area contributed by atoms with E-state index < -0.39 is 24.3 Å². The fourth-order valence-electron chi connectivity index (χ4n) is 3.95. The number of nitrogens with zero attached hydrogens (tertiary/aromatic N) is 3. The third-order valence-electron chi connectivity index (χ3n) is 5.46. The van der Waals surface area contributed by atoms with Gasteiger partial charge in [0.15, 0.2) is 5.78 Å². The molecule has 2 atom stereocenters. The SMILES string of the molecule is COc1cc(CC(=O)[C@@H]2C[C@@H](F)CN2C(=O)Nc2cn(C(N)=O)c3ccccc23)ccn1. The number of alkyl halides is 1. The Hall–Kier alpha value is -3.95. The summed E-state index contributed by atoms with van der Waals surface area (Å²) in [6.07, 6.45) is 1.56. The summed E-state index contributed by atoms with van der Waals surface area (Å²) in [7, 11) is 1.47. The van der Waals surface area contributed by atoms with E-state index in [1.54, 1.807) is 36.4 Å². The number of anilines is 1. The van der Waals surface area contributed by atoms with Gasteiger partial charge in [0.1, 0.15) is 6.17 Å². The number of para-hydroxylation sites is 1. The summed E-state index contributed by atoms with van der Waals surface area (Å²) in [4.78, 5) is 42.8. The number of rotatable bonds is 5. The molecular weight excluding hydrogens is 417 g/mol. The predicted molar refractivity (Wildman–Crippen MR) is 115 cm³/mol. The average molecular weight is 439 g/mol. The van der Waals surface area contributed by atoms with Crippen molar-refractivity contribution in [2.24, 2.45) is 5.73 Å². The smallest absolute Gasteiger partial charge is 0.323 e. The number of hydrogen-bond acceptors (Lipinski definition) is 5. The van der Waals surface area contributed by atoms with E-state index in [1.807, 2.05) is 0 Å². The summed E-state index contributed by atoms with van der Waals surface area (Å²) in [6, 6.07) is 7.99. The Labute approximate surface area is 183 Å². The van der Waals surface area contributed by atoms with Gasteiger partial charge >= 0.3 is 12.1 Å². The van der Waals surface area contributed by atoms with E-state index in [0.29, 0.717) is 28.0 Å². The number of ether oxygens (including phenoxy) is 1. The Morgan fingerprint density at radius 2 is 2.06 bits per heavy atom. The number of pyridine rings is 1. The summed E-state index contributed by atoms with van der Waals surface area (Å²) in [5, 5.41) is 3.30. The van der Waals surface area contributed by atoms with Gasteiger partial charge in [-0.05, 0) is 17.7 Å². The van der Waals surface area contributed by atoms with Gasteiger partial charge < -0.3 is 20.7 Å². The maximum atomic E-state index is 14.2. The van der Waals surface area contributed by atoms with Gasteiger partial charge in [-0.1, -0.05) is 18.2 Å². The largest absolute Gasteiger partial charge is 0.481 e. The number of hydrogen-bond donors (Lipinski definition) is 2. The Balaban J connectivity index is 1.54. The molecule has 1 aliphatic heterocycles. The maximum absolute atomic E-state index is 14.2. The molecule has 0 saturated carbocycles. The first-order valence-corrected chi connectivity index (χ1v) is 10.0. The lowest BCUT2D eigenvalue weighted by Gasteiger charge is -2.23. The molecular formula is C22H22FN5O4. The number of carbonyl (C=O) groups is 3. The van der Waals surface area contributed by atoms with Gasteiger partial charge in [-0.25, -0.2) is 19.0 Å².